The Morgan fingerprint density at radius 3 is 2.70 bits per heavy atom. The van der Waals surface area contributed by atoms with Crippen LogP contribution < -0.4 is 10.6 Å². The molecule has 2 rings (SSSR count). The van der Waals surface area contributed by atoms with Crippen molar-refractivity contribution < 1.29 is 0 Å². The largest absolute Gasteiger partial charge is 0.356 e. The van der Waals surface area contributed by atoms with E-state index < -0.39 is 0 Å². The Labute approximate surface area is 139 Å². The summed E-state index contributed by atoms with van der Waals surface area (Å²) in [5.41, 5.74) is 0. The van der Waals surface area contributed by atoms with Crippen molar-refractivity contribution >= 4 is 5.96 Å². The van der Waals surface area contributed by atoms with Gasteiger partial charge in [-0.3, -0.25) is 4.99 Å². The number of guanidine groups is 1. The Morgan fingerprint density at radius 2 is 1.96 bits per heavy atom. The van der Waals surface area contributed by atoms with E-state index in [0.717, 1.165) is 37.8 Å². The van der Waals surface area contributed by atoms with Gasteiger partial charge in [0.25, 0.3) is 0 Å². The van der Waals surface area contributed by atoms with Crippen LogP contribution in [0.25, 0.3) is 0 Å². The van der Waals surface area contributed by atoms with Crippen LogP contribution in [0.3, 0.4) is 0 Å². The van der Waals surface area contributed by atoms with Crippen LogP contribution in [-0.4, -0.2) is 65.4 Å². The first kappa shape index (κ1) is 17.7. The molecule has 1 aliphatic heterocycles. The Balaban J connectivity index is 1.54. The van der Waals surface area contributed by atoms with Crippen molar-refractivity contribution in [1.29, 1.82) is 0 Å². The fourth-order valence-corrected chi connectivity index (χ4v) is 2.93. The first-order valence-corrected chi connectivity index (χ1v) is 8.87. The molecule has 0 aliphatic carbocycles. The summed E-state index contributed by atoms with van der Waals surface area (Å²) in [6.07, 6.45) is 7.88. The third kappa shape index (κ3) is 6.17. The molecule has 0 amide bonds. The van der Waals surface area contributed by atoms with E-state index in [-0.39, 0.29) is 0 Å². The summed E-state index contributed by atoms with van der Waals surface area (Å²) in [7, 11) is 1.82. The number of likely N-dealkylation sites (tertiary alicyclic amines) is 1. The molecule has 23 heavy (non-hydrogen) atoms. The molecule has 130 valence electrons. The highest BCUT2D eigenvalue weighted by atomic mass is 15.3. The minimum atomic E-state index is 0.818. The van der Waals surface area contributed by atoms with Crippen molar-refractivity contribution in [3.8, 4) is 0 Å². The summed E-state index contributed by atoms with van der Waals surface area (Å²) < 4.78 is 2.08. The van der Waals surface area contributed by atoms with E-state index in [0.29, 0.717) is 0 Å². The molecule has 2 heterocycles. The highest BCUT2D eigenvalue weighted by Crippen LogP contribution is 2.07. The lowest BCUT2D eigenvalue weighted by Gasteiger charge is -2.15. The van der Waals surface area contributed by atoms with Gasteiger partial charge < -0.3 is 20.1 Å². The summed E-state index contributed by atoms with van der Waals surface area (Å²) in [6, 6.07) is 0. The SMILES string of the molecule is CCc1nncn1CCNC(=NC)NCCCCN1CCCC1. The van der Waals surface area contributed by atoms with Gasteiger partial charge in [0, 0.05) is 33.1 Å². The quantitative estimate of drug-likeness (QED) is 0.401. The second kappa shape index (κ2) is 10.2. The van der Waals surface area contributed by atoms with Gasteiger partial charge in [0.2, 0.25) is 0 Å². The summed E-state index contributed by atoms with van der Waals surface area (Å²) in [4.78, 5) is 6.84. The van der Waals surface area contributed by atoms with Crippen molar-refractivity contribution in [2.45, 2.75) is 45.6 Å². The van der Waals surface area contributed by atoms with E-state index in [1.54, 1.807) is 6.33 Å². The zero-order valence-corrected chi connectivity index (χ0v) is 14.6. The number of aromatic nitrogens is 3. The lowest BCUT2D eigenvalue weighted by molar-refractivity contribution is 0.330. The third-order valence-corrected chi connectivity index (χ3v) is 4.27. The molecular weight excluding hydrogens is 290 g/mol. The molecule has 0 bridgehead atoms. The highest BCUT2D eigenvalue weighted by Gasteiger charge is 2.10. The Hall–Kier alpha value is -1.63. The van der Waals surface area contributed by atoms with Gasteiger partial charge in [-0.15, -0.1) is 10.2 Å². The van der Waals surface area contributed by atoms with Gasteiger partial charge in [-0.2, -0.15) is 0 Å². The summed E-state index contributed by atoms with van der Waals surface area (Å²) in [5, 5.41) is 14.8. The van der Waals surface area contributed by atoms with Crippen LogP contribution in [0.5, 0.6) is 0 Å². The van der Waals surface area contributed by atoms with Crippen LogP contribution in [-0.2, 0) is 13.0 Å². The second-order valence-electron chi connectivity index (χ2n) is 5.98. The van der Waals surface area contributed by atoms with Gasteiger partial charge in [-0.1, -0.05) is 6.92 Å². The number of hydrogen-bond acceptors (Lipinski definition) is 4. The maximum absolute atomic E-state index is 4.27. The summed E-state index contributed by atoms with van der Waals surface area (Å²) >= 11 is 0. The van der Waals surface area contributed by atoms with Gasteiger partial charge in [0.1, 0.15) is 12.2 Å². The maximum Gasteiger partial charge on any atom is 0.191 e. The molecular formula is C16H31N7. The van der Waals surface area contributed by atoms with Crippen LogP contribution in [0.15, 0.2) is 11.3 Å². The molecule has 2 N–H and O–H groups in total. The Bertz CT molecular complexity index is 463. The Morgan fingerprint density at radius 1 is 1.17 bits per heavy atom. The molecule has 1 aromatic heterocycles. The van der Waals surface area contributed by atoms with E-state index in [1.807, 2.05) is 7.05 Å². The fourth-order valence-electron chi connectivity index (χ4n) is 2.93. The minimum Gasteiger partial charge on any atom is -0.356 e. The zero-order chi connectivity index (χ0) is 16.3. The van der Waals surface area contributed by atoms with Crippen molar-refractivity contribution in [2.24, 2.45) is 4.99 Å². The van der Waals surface area contributed by atoms with Crippen molar-refractivity contribution in [3.05, 3.63) is 12.2 Å². The first-order valence-electron chi connectivity index (χ1n) is 8.87. The number of aryl methyl sites for hydroxylation is 1. The molecule has 0 radical (unpaired) electrons. The van der Waals surface area contributed by atoms with Gasteiger partial charge in [0.05, 0.1) is 0 Å². The molecule has 0 saturated carbocycles. The van der Waals surface area contributed by atoms with Crippen LogP contribution in [0.4, 0.5) is 0 Å². The minimum absolute atomic E-state index is 0.818. The topological polar surface area (TPSA) is 70.4 Å². The average molecular weight is 321 g/mol. The molecule has 7 heteroatoms. The van der Waals surface area contributed by atoms with Gasteiger partial charge in [-0.25, -0.2) is 0 Å². The average Bonchev–Trinajstić information content (AvgIpc) is 3.24. The van der Waals surface area contributed by atoms with E-state index in [9.17, 15) is 0 Å². The lowest BCUT2D eigenvalue weighted by Crippen LogP contribution is -2.39. The molecule has 1 aliphatic rings. The second-order valence-corrected chi connectivity index (χ2v) is 5.98. The zero-order valence-electron chi connectivity index (χ0n) is 14.6. The summed E-state index contributed by atoms with van der Waals surface area (Å²) in [5.74, 6) is 1.90. The van der Waals surface area contributed by atoms with E-state index in [2.05, 4.69) is 42.2 Å². The molecule has 0 atom stereocenters. The molecule has 0 spiro atoms. The van der Waals surface area contributed by atoms with Gasteiger partial charge in [-0.05, 0) is 45.3 Å². The normalized spacial score (nSPS) is 16.0. The predicted octanol–water partition coefficient (Wildman–Crippen LogP) is 0.882. The number of unbranched alkanes of at least 4 members (excludes halogenated alkanes) is 1. The standard InChI is InChI=1S/C16H31N7/c1-3-15-21-20-14-23(15)13-9-19-16(17-2)18-8-4-5-10-22-11-6-7-12-22/h14H,3-13H2,1-2H3,(H2,17,18,19). The fraction of sp³-hybridized carbons (Fsp3) is 0.812. The molecule has 1 fully saturated rings. The molecule has 1 aromatic rings. The van der Waals surface area contributed by atoms with Crippen LogP contribution in [0, 0.1) is 0 Å². The lowest BCUT2D eigenvalue weighted by atomic mass is 10.3. The highest BCUT2D eigenvalue weighted by molar-refractivity contribution is 5.79. The number of rotatable bonds is 9. The first-order chi connectivity index (χ1) is 11.3. The Kier molecular flexibility index (Phi) is 7.86. The molecule has 0 unspecified atom stereocenters. The van der Waals surface area contributed by atoms with Crippen LogP contribution in [0.2, 0.25) is 0 Å². The van der Waals surface area contributed by atoms with Crippen LogP contribution in [0.1, 0.15) is 38.4 Å². The number of nitrogens with zero attached hydrogens (tertiary/aromatic N) is 5. The van der Waals surface area contributed by atoms with E-state index in [4.69, 9.17) is 0 Å². The predicted molar refractivity (Wildman–Crippen MR) is 93.7 cm³/mol. The molecule has 1 saturated heterocycles. The van der Waals surface area contributed by atoms with Crippen molar-refractivity contribution in [3.63, 3.8) is 0 Å². The summed E-state index contributed by atoms with van der Waals surface area (Å²) in [6.45, 7) is 8.56. The smallest absolute Gasteiger partial charge is 0.191 e. The van der Waals surface area contributed by atoms with E-state index in [1.165, 1.54) is 45.3 Å². The third-order valence-electron chi connectivity index (χ3n) is 4.27. The number of hydrogen-bond donors (Lipinski definition) is 2. The van der Waals surface area contributed by atoms with Gasteiger partial charge >= 0.3 is 0 Å². The van der Waals surface area contributed by atoms with E-state index >= 15 is 0 Å². The van der Waals surface area contributed by atoms with Crippen LogP contribution >= 0.6 is 0 Å². The number of nitrogens with one attached hydrogen (secondary N) is 2. The molecule has 0 aromatic carbocycles. The van der Waals surface area contributed by atoms with Crippen molar-refractivity contribution in [2.75, 3.05) is 39.8 Å². The monoisotopic (exact) mass is 321 g/mol. The van der Waals surface area contributed by atoms with Crippen molar-refractivity contribution in [1.82, 2.24) is 30.3 Å². The van der Waals surface area contributed by atoms with Gasteiger partial charge in [0.15, 0.2) is 5.96 Å². The molecule has 7 nitrogen and oxygen atoms in total. The maximum atomic E-state index is 4.27. The number of aliphatic imine (C=N–C) groups is 1.